The standard InChI is InChI=1S/C10H14FNO2/c1-6(12)10(13)8-4-3-7(11)5-9(8)14-2/h3-6,10,13H,12H2,1-2H3. The second-order valence-electron chi connectivity index (χ2n) is 3.19. The van der Waals surface area contributed by atoms with Crippen LogP contribution in [0.1, 0.15) is 18.6 Å². The molecule has 0 spiro atoms. The molecule has 3 nitrogen and oxygen atoms in total. The summed E-state index contributed by atoms with van der Waals surface area (Å²) < 4.78 is 17.7. The number of methoxy groups -OCH3 is 1. The quantitative estimate of drug-likeness (QED) is 0.769. The van der Waals surface area contributed by atoms with Gasteiger partial charge < -0.3 is 15.6 Å². The molecule has 0 aromatic heterocycles. The summed E-state index contributed by atoms with van der Waals surface area (Å²) in [5.74, 6) is -0.0859. The lowest BCUT2D eigenvalue weighted by molar-refractivity contribution is 0.149. The molecule has 0 aliphatic heterocycles. The van der Waals surface area contributed by atoms with Gasteiger partial charge >= 0.3 is 0 Å². The molecule has 3 N–H and O–H groups in total. The van der Waals surface area contributed by atoms with Gasteiger partial charge in [0.25, 0.3) is 0 Å². The second-order valence-corrected chi connectivity index (χ2v) is 3.19. The minimum absolute atomic E-state index is 0.315. The van der Waals surface area contributed by atoms with Crippen LogP contribution in [0.5, 0.6) is 5.75 Å². The van der Waals surface area contributed by atoms with Crippen molar-refractivity contribution >= 4 is 0 Å². The Bertz CT molecular complexity index is 315. The molecule has 0 aliphatic rings. The molecule has 2 atom stereocenters. The predicted molar refractivity (Wildman–Crippen MR) is 51.6 cm³/mol. The van der Waals surface area contributed by atoms with Gasteiger partial charge in [-0.3, -0.25) is 0 Å². The number of ether oxygens (including phenoxy) is 1. The van der Waals surface area contributed by atoms with Crippen LogP contribution >= 0.6 is 0 Å². The number of aliphatic hydroxyl groups excluding tert-OH is 1. The first-order chi connectivity index (χ1) is 6.56. The fourth-order valence-corrected chi connectivity index (χ4v) is 1.21. The molecular weight excluding hydrogens is 185 g/mol. The summed E-state index contributed by atoms with van der Waals surface area (Å²) in [7, 11) is 1.42. The number of hydrogen-bond donors (Lipinski definition) is 2. The van der Waals surface area contributed by atoms with E-state index in [9.17, 15) is 9.50 Å². The average molecular weight is 199 g/mol. The fraction of sp³-hybridized carbons (Fsp3) is 0.400. The van der Waals surface area contributed by atoms with Crippen LogP contribution in [-0.4, -0.2) is 18.3 Å². The predicted octanol–water partition coefficient (Wildman–Crippen LogP) is 1.21. The molecular formula is C10H14FNO2. The number of benzene rings is 1. The molecule has 0 aliphatic carbocycles. The minimum Gasteiger partial charge on any atom is -0.496 e. The Morgan fingerprint density at radius 1 is 1.50 bits per heavy atom. The van der Waals surface area contributed by atoms with Crippen molar-refractivity contribution in [2.45, 2.75) is 19.1 Å². The maximum absolute atomic E-state index is 12.8. The van der Waals surface area contributed by atoms with E-state index in [-0.39, 0.29) is 0 Å². The average Bonchev–Trinajstić information content (AvgIpc) is 2.16. The molecule has 1 rings (SSSR count). The van der Waals surface area contributed by atoms with Crippen LogP contribution in [0, 0.1) is 5.82 Å². The topological polar surface area (TPSA) is 55.5 Å². The van der Waals surface area contributed by atoms with E-state index in [1.165, 1.54) is 25.3 Å². The Hall–Kier alpha value is -1.13. The molecule has 0 bridgehead atoms. The molecule has 2 unspecified atom stereocenters. The summed E-state index contributed by atoms with van der Waals surface area (Å²) in [6.07, 6.45) is -0.842. The Kier molecular flexibility index (Phi) is 3.43. The number of rotatable bonds is 3. The first-order valence-electron chi connectivity index (χ1n) is 4.33. The first-order valence-corrected chi connectivity index (χ1v) is 4.33. The normalized spacial score (nSPS) is 14.9. The van der Waals surface area contributed by atoms with E-state index in [1.807, 2.05) is 0 Å². The molecule has 0 saturated carbocycles. The van der Waals surface area contributed by atoms with Gasteiger partial charge in [0, 0.05) is 17.7 Å². The molecule has 0 heterocycles. The zero-order valence-corrected chi connectivity index (χ0v) is 8.20. The number of aliphatic hydroxyl groups is 1. The zero-order chi connectivity index (χ0) is 10.7. The van der Waals surface area contributed by atoms with Gasteiger partial charge in [-0.05, 0) is 19.1 Å². The van der Waals surface area contributed by atoms with Gasteiger partial charge in [-0.25, -0.2) is 4.39 Å². The van der Waals surface area contributed by atoms with Crippen molar-refractivity contribution in [3.8, 4) is 5.75 Å². The summed E-state index contributed by atoms with van der Waals surface area (Å²) in [5, 5.41) is 9.67. The lowest BCUT2D eigenvalue weighted by atomic mass is 10.0. The molecule has 1 aromatic carbocycles. The largest absolute Gasteiger partial charge is 0.496 e. The van der Waals surface area contributed by atoms with E-state index in [4.69, 9.17) is 10.5 Å². The Morgan fingerprint density at radius 2 is 2.14 bits per heavy atom. The Labute approximate surface area is 82.3 Å². The van der Waals surface area contributed by atoms with Crippen molar-refractivity contribution < 1.29 is 14.2 Å². The van der Waals surface area contributed by atoms with Gasteiger partial charge in [-0.1, -0.05) is 0 Å². The van der Waals surface area contributed by atoms with Gasteiger partial charge in [0.15, 0.2) is 0 Å². The van der Waals surface area contributed by atoms with Crippen molar-refractivity contribution in [3.63, 3.8) is 0 Å². The van der Waals surface area contributed by atoms with Crippen molar-refractivity contribution in [2.75, 3.05) is 7.11 Å². The fourth-order valence-electron chi connectivity index (χ4n) is 1.21. The molecule has 0 radical (unpaired) electrons. The molecule has 0 saturated heterocycles. The van der Waals surface area contributed by atoms with Gasteiger partial charge in [0.1, 0.15) is 11.6 Å². The molecule has 1 aromatic rings. The number of halogens is 1. The molecule has 4 heteroatoms. The minimum atomic E-state index is -0.842. The maximum atomic E-state index is 12.8. The molecule has 14 heavy (non-hydrogen) atoms. The zero-order valence-electron chi connectivity index (χ0n) is 8.20. The van der Waals surface area contributed by atoms with Crippen LogP contribution < -0.4 is 10.5 Å². The van der Waals surface area contributed by atoms with Crippen LogP contribution in [0.3, 0.4) is 0 Å². The van der Waals surface area contributed by atoms with Crippen LogP contribution in [0.25, 0.3) is 0 Å². The van der Waals surface area contributed by atoms with Gasteiger partial charge in [-0.15, -0.1) is 0 Å². The second kappa shape index (κ2) is 4.39. The van der Waals surface area contributed by atoms with Gasteiger partial charge in [0.05, 0.1) is 13.2 Å². The van der Waals surface area contributed by atoms with E-state index in [0.717, 1.165) is 0 Å². The third kappa shape index (κ3) is 2.21. The van der Waals surface area contributed by atoms with Crippen LogP contribution in [-0.2, 0) is 0 Å². The third-order valence-electron chi connectivity index (χ3n) is 2.01. The Morgan fingerprint density at radius 3 is 2.64 bits per heavy atom. The number of nitrogens with two attached hydrogens (primary N) is 1. The third-order valence-corrected chi connectivity index (χ3v) is 2.01. The van der Waals surface area contributed by atoms with Crippen LogP contribution in [0.15, 0.2) is 18.2 Å². The summed E-state index contributed by atoms with van der Waals surface area (Å²) in [5.41, 5.74) is 6.03. The molecule has 78 valence electrons. The van der Waals surface area contributed by atoms with E-state index in [2.05, 4.69) is 0 Å². The highest BCUT2D eigenvalue weighted by Gasteiger charge is 2.17. The van der Waals surface area contributed by atoms with Gasteiger partial charge in [0.2, 0.25) is 0 Å². The monoisotopic (exact) mass is 199 g/mol. The SMILES string of the molecule is COc1cc(F)ccc1C(O)C(C)N. The highest BCUT2D eigenvalue weighted by atomic mass is 19.1. The summed E-state index contributed by atoms with van der Waals surface area (Å²) in [6, 6.07) is 3.54. The van der Waals surface area contributed by atoms with Crippen molar-refractivity contribution in [1.82, 2.24) is 0 Å². The maximum Gasteiger partial charge on any atom is 0.127 e. The van der Waals surface area contributed by atoms with Crippen molar-refractivity contribution in [1.29, 1.82) is 0 Å². The first kappa shape index (κ1) is 10.9. The summed E-state index contributed by atoms with van der Waals surface area (Å²) in [6.45, 7) is 1.67. The molecule has 0 fully saturated rings. The van der Waals surface area contributed by atoms with E-state index < -0.39 is 18.0 Å². The lowest BCUT2D eigenvalue weighted by Crippen LogP contribution is -2.24. The van der Waals surface area contributed by atoms with E-state index in [1.54, 1.807) is 6.92 Å². The van der Waals surface area contributed by atoms with E-state index >= 15 is 0 Å². The molecule has 0 amide bonds. The lowest BCUT2D eigenvalue weighted by Gasteiger charge is -2.17. The highest BCUT2D eigenvalue weighted by molar-refractivity contribution is 5.36. The van der Waals surface area contributed by atoms with Crippen molar-refractivity contribution in [2.24, 2.45) is 5.73 Å². The van der Waals surface area contributed by atoms with Gasteiger partial charge in [-0.2, -0.15) is 0 Å². The highest BCUT2D eigenvalue weighted by Crippen LogP contribution is 2.27. The Balaban J connectivity index is 3.07. The van der Waals surface area contributed by atoms with E-state index in [0.29, 0.717) is 11.3 Å². The van der Waals surface area contributed by atoms with Crippen LogP contribution in [0.2, 0.25) is 0 Å². The number of hydrogen-bond acceptors (Lipinski definition) is 3. The summed E-state index contributed by atoms with van der Waals surface area (Å²) >= 11 is 0. The van der Waals surface area contributed by atoms with Crippen molar-refractivity contribution in [3.05, 3.63) is 29.6 Å². The van der Waals surface area contributed by atoms with Crippen LogP contribution in [0.4, 0.5) is 4.39 Å². The smallest absolute Gasteiger partial charge is 0.127 e. The summed E-state index contributed by atoms with van der Waals surface area (Å²) in [4.78, 5) is 0.